The van der Waals surface area contributed by atoms with Gasteiger partial charge in [0.1, 0.15) is 5.82 Å². The van der Waals surface area contributed by atoms with E-state index in [-0.39, 0.29) is 17.5 Å². The summed E-state index contributed by atoms with van der Waals surface area (Å²) < 4.78 is 15.9. The predicted molar refractivity (Wildman–Crippen MR) is 129 cm³/mol. The van der Waals surface area contributed by atoms with Gasteiger partial charge in [-0.1, -0.05) is 84.6 Å². The molecule has 0 bridgehead atoms. The summed E-state index contributed by atoms with van der Waals surface area (Å²) in [6.07, 6.45) is 0.783. The molecule has 7 heteroatoms. The maximum absolute atomic E-state index is 14.2. The number of thioether (sulfide) groups is 1. The summed E-state index contributed by atoms with van der Waals surface area (Å²) in [5, 5.41) is 8.89. The highest BCUT2D eigenvalue weighted by molar-refractivity contribution is 7.99. The normalized spacial score (nSPS) is 10.8. The fourth-order valence-corrected chi connectivity index (χ4v) is 4.35. The highest BCUT2D eigenvalue weighted by Gasteiger charge is 2.18. The van der Waals surface area contributed by atoms with E-state index in [1.54, 1.807) is 29.8 Å². The van der Waals surface area contributed by atoms with Gasteiger partial charge in [-0.2, -0.15) is 0 Å². The Labute approximate surface area is 197 Å². The average molecular weight is 461 g/mol. The lowest BCUT2D eigenvalue weighted by Crippen LogP contribution is -2.34. The Morgan fingerprint density at radius 3 is 2.24 bits per heavy atom. The van der Waals surface area contributed by atoms with Crippen molar-refractivity contribution in [2.24, 2.45) is 7.05 Å². The van der Waals surface area contributed by atoms with Crippen LogP contribution in [0.3, 0.4) is 0 Å². The number of carbonyl (C=O) groups excluding carboxylic acids is 1. The minimum Gasteiger partial charge on any atom is -0.337 e. The number of benzene rings is 3. The van der Waals surface area contributed by atoms with Crippen molar-refractivity contribution in [2.75, 3.05) is 12.3 Å². The largest absolute Gasteiger partial charge is 0.337 e. The summed E-state index contributed by atoms with van der Waals surface area (Å²) in [4.78, 5) is 15.1. The fourth-order valence-electron chi connectivity index (χ4n) is 3.54. The second-order valence-corrected chi connectivity index (χ2v) is 8.61. The molecule has 4 rings (SSSR count). The van der Waals surface area contributed by atoms with Crippen molar-refractivity contribution in [2.45, 2.75) is 18.1 Å². The summed E-state index contributed by atoms with van der Waals surface area (Å²) >= 11 is 1.31. The molecule has 1 amide bonds. The smallest absolute Gasteiger partial charge is 0.233 e. The Bertz CT molecular complexity index is 1200. The molecule has 0 spiro atoms. The Kier molecular flexibility index (Phi) is 7.52. The van der Waals surface area contributed by atoms with Crippen LogP contribution in [0.5, 0.6) is 0 Å². The minimum absolute atomic E-state index is 0.0234. The number of hydrogen-bond donors (Lipinski definition) is 0. The molecule has 0 radical (unpaired) electrons. The molecule has 0 aliphatic carbocycles. The van der Waals surface area contributed by atoms with E-state index in [1.807, 2.05) is 53.4 Å². The molecule has 0 aliphatic rings. The van der Waals surface area contributed by atoms with Crippen LogP contribution in [0.15, 0.2) is 90.1 Å². The van der Waals surface area contributed by atoms with Gasteiger partial charge in [-0.3, -0.25) is 4.79 Å². The Balaban J connectivity index is 1.44. The van der Waals surface area contributed by atoms with Crippen molar-refractivity contribution in [3.05, 3.63) is 102 Å². The molecule has 0 saturated carbocycles. The van der Waals surface area contributed by atoms with Crippen molar-refractivity contribution < 1.29 is 9.18 Å². The van der Waals surface area contributed by atoms with E-state index in [2.05, 4.69) is 22.3 Å². The van der Waals surface area contributed by atoms with Gasteiger partial charge in [0, 0.05) is 20.1 Å². The molecule has 0 atom stereocenters. The van der Waals surface area contributed by atoms with Crippen LogP contribution in [-0.2, 0) is 24.8 Å². The highest BCUT2D eigenvalue weighted by atomic mass is 32.2. The Morgan fingerprint density at radius 2 is 1.55 bits per heavy atom. The summed E-state index contributed by atoms with van der Waals surface area (Å²) in [7, 11) is 1.78. The van der Waals surface area contributed by atoms with Gasteiger partial charge in [0.25, 0.3) is 0 Å². The molecule has 3 aromatic carbocycles. The van der Waals surface area contributed by atoms with Gasteiger partial charge >= 0.3 is 0 Å². The van der Waals surface area contributed by atoms with E-state index in [0.29, 0.717) is 29.6 Å². The molecule has 1 aromatic heterocycles. The van der Waals surface area contributed by atoms with Crippen LogP contribution >= 0.6 is 11.8 Å². The van der Waals surface area contributed by atoms with E-state index in [4.69, 9.17) is 0 Å². The molecule has 0 N–H and O–H groups in total. The lowest BCUT2D eigenvalue weighted by atomic mass is 10.1. The van der Waals surface area contributed by atoms with Gasteiger partial charge in [-0.15, -0.1) is 10.2 Å². The first-order chi connectivity index (χ1) is 16.1. The first-order valence-electron chi connectivity index (χ1n) is 10.7. The maximum atomic E-state index is 14.2. The van der Waals surface area contributed by atoms with Crippen LogP contribution < -0.4 is 0 Å². The van der Waals surface area contributed by atoms with Crippen LogP contribution in [0.1, 0.15) is 11.1 Å². The lowest BCUT2D eigenvalue weighted by molar-refractivity contribution is -0.128. The van der Waals surface area contributed by atoms with Crippen LogP contribution in [-0.4, -0.2) is 37.9 Å². The molecule has 0 unspecified atom stereocenters. The molecule has 0 saturated heterocycles. The molecule has 4 aromatic rings. The monoisotopic (exact) mass is 460 g/mol. The third-order valence-electron chi connectivity index (χ3n) is 5.36. The van der Waals surface area contributed by atoms with E-state index in [9.17, 15) is 9.18 Å². The van der Waals surface area contributed by atoms with Gasteiger partial charge in [-0.05, 0) is 29.7 Å². The number of amides is 1. The second-order valence-electron chi connectivity index (χ2n) is 7.67. The van der Waals surface area contributed by atoms with Crippen LogP contribution in [0.25, 0.3) is 11.4 Å². The number of nitrogens with zero attached hydrogens (tertiary/aromatic N) is 4. The molecule has 0 fully saturated rings. The summed E-state index contributed by atoms with van der Waals surface area (Å²) in [6, 6.07) is 26.6. The van der Waals surface area contributed by atoms with Crippen LogP contribution in [0.4, 0.5) is 4.39 Å². The molecule has 1 heterocycles. The number of hydrogen-bond acceptors (Lipinski definition) is 4. The van der Waals surface area contributed by atoms with E-state index >= 15 is 0 Å². The third-order valence-corrected chi connectivity index (χ3v) is 6.36. The second kappa shape index (κ2) is 10.9. The third kappa shape index (κ3) is 5.87. The van der Waals surface area contributed by atoms with Gasteiger partial charge in [-0.25, -0.2) is 4.39 Å². The standard InChI is InChI=1S/C26H25FN4OS/c1-30-25(22-14-8-9-15-23(22)27)28-29-26(30)33-19-24(32)31(18-21-12-6-3-7-13-21)17-16-20-10-4-2-5-11-20/h2-15H,16-19H2,1H3. The lowest BCUT2D eigenvalue weighted by Gasteiger charge is -2.23. The molecule has 0 aliphatic heterocycles. The van der Waals surface area contributed by atoms with Crippen molar-refractivity contribution in [1.82, 2.24) is 19.7 Å². The van der Waals surface area contributed by atoms with Gasteiger partial charge in [0.05, 0.1) is 11.3 Å². The van der Waals surface area contributed by atoms with Crippen molar-refractivity contribution in [3.8, 4) is 11.4 Å². The zero-order valence-electron chi connectivity index (χ0n) is 18.4. The van der Waals surface area contributed by atoms with E-state index in [1.165, 1.54) is 23.4 Å². The number of aromatic nitrogens is 3. The molecular weight excluding hydrogens is 435 g/mol. The summed E-state index contributed by atoms with van der Waals surface area (Å²) in [6.45, 7) is 1.17. The Hall–Kier alpha value is -3.45. The molecular formula is C26H25FN4OS. The van der Waals surface area contributed by atoms with Crippen molar-refractivity contribution in [3.63, 3.8) is 0 Å². The van der Waals surface area contributed by atoms with Crippen molar-refractivity contribution in [1.29, 1.82) is 0 Å². The van der Waals surface area contributed by atoms with E-state index < -0.39 is 0 Å². The number of rotatable bonds is 9. The quantitative estimate of drug-likeness (QED) is 0.331. The van der Waals surface area contributed by atoms with Crippen molar-refractivity contribution >= 4 is 17.7 Å². The van der Waals surface area contributed by atoms with E-state index in [0.717, 1.165) is 12.0 Å². The molecule has 5 nitrogen and oxygen atoms in total. The zero-order chi connectivity index (χ0) is 23.0. The van der Waals surface area contributed by atoms with Gasteiger partial charge < -0.3 is 9.47 Å². The number of carbonyl (C=O) groups is 1. The fraction of sp³-hybridized carbons (Fsp3) is 0.192. The van der Waals surface area contributed by atoms with Gasteiger partial charge in [0.2, 0.25) is 5.91 Å². The maximum Gasteiger partial charge on any atom is 0.233 e. The Morgan fingerprint density at radius 1 is 0.909 bits per heavy atom. The highest BCUT2D eigenvalue weighted by Crippen LogP contribution is 2.25. The SMILES string of the molecule is Cn1c(SCC(=O)N(CCc2ccccc2)Cc2ccccc2)nnc1-c1ccccc1F. The minimum atomic E-state index is -0.351. The average Bonchev–Trinajstić information content (AvgIpc) is 3.21. The van der Waals surface area contributed by atoms with Gasteiger partial charge in [0.15, 0.2) is 11.0 Å². The first kappa shape index (κ1) is 22.7. The topological polar surface area (TPSA) is 51.0 Å². The summed E-state index contributed by atoms with van der Waals surface area (Å²) in [5.41, 5.74) is 2.67. The molecule has 33 heavy (non-hydrogen) atoms. The van der Waals surface area contributed by atoms with Crippen LogP contribution in [0, 0.1) is 5.82 Å². The van der Waals surface area contributed by atoms with Crippen LogP contribution in [0.2, 0.25) is 0 Å². The summed E-state index contributed by atoms with van der Waals surface area (Å²) in [5.74, 6) is 0.337. The first-order valence-corrected chi connectivity index (χ1v) is 11.7. The number of halogens is 1. The zero-order valence-corrected chi connectivity index (χ0v) is 19.2. The molecule has 168 valence electrons. The predicted octanol–water partition coefficient (Wildman–Crippen LogP) is 4.98.